The topological polar surface area (TPSA) is 154 Å². The van der Waals surface area contributed by atoms with Gasteiger partial charge in [0.1, 0.15) is 16.5 Å². The van der Waals surface area contributed by atoms with E-state index in [2.05, 4.69) is 10.6 Å². The van der Waals surface area contributed by atoms with Gasteiger partial charge < -0.3 is 15.4 Å². The average molecular weight is 531 g/mol. The second-order valence-corrected chi connectivity index (χ2v) is 7.90. The zero-order valence-corrected chi connectivity index (χ0v) is 19.9. The Kier molecular flexibility index (Phi) is 8.20. The van der Waals surface area contributed by atoms with E-state index in [1.807, 2.05) is 0 Å². The van der Waals surface area contributed by atoms with E-state index in [9.17, 15) is 29.8 Å². The Morgan fingerprint density at radius 2 is 1.61 bits per heavy atom. The Bertz CT molecular complexity index is 1390. The number of hydrogen-bond acceptors (Lipinski definition) is 7. The molecular formula is C23H16Cl2N4O7. The van der Waals surface area contributed by atoms with Gasteiger partial charge in [0, 0.05) is 23.9 Å². The molecule has 3 aromatic rings. The molecule has 0 aliphatic carbocycles. The molecule has 2 N–H and O–H groups in total. The highest BCUT2D eigenvalue weighted by molar-refractivity contribution is 6.34. The van der Waals surface area contributed by atoms with Crippen molar-refractivity contribution >= 4 is 58.2 Å². The maximum absolute atomic E-state index is 13.1. The number of nitro benzene ring substituents is 2. The predicted octanol–water partition coefficient (Wildman–Crippen LogP) is 5.23. The first kappa shape index (κ1) is 26.1. The summed E-state index contributed by atoms with van der Waals surface area (Å²) in [5, 5.41) is 26.9. The molecule has 0 radical (unpaired) electrons. The van der Waals surface area contributed by atoms with Gasteiger partial charge in [0.25, 0.3) is 23.2 Å². The molecule has 13 heteroatoms. The third-order valence-corrected chi connectivity index (χ3v) is 5.36. The van der Waals surface area contributed by atoms with Crippen molar-refractivity contribution in [3.63, 3.8) is 0 Å². The number of hydrogen-bond donors (Lipinski definition) is 2. The summed E-state index contributed by atoms with van der Waals surface area (Å²) in [4.78, 5) is 46.7. The molecule has 0 atom stereocenters. The fourth-order valence-corrected chi connectivity index (χ4v) is 3.39. The van der Waals surface area contributed by atoms with Crippen molar-refractivity contribution in [2.75, 3.05) is 12.4 Å². The molecule has 0 heterocycles. The molecule has 11 nitrogen and oxygen atoms in total. The minimum atomic E-state index is -0.831. The van der Waals surface area contributed by atoms with Crippen molar-refractivity contribution in [2.45, 2.75) is 0 Å². The van der Waals surface area contributed by atoms with Crippen LogP contribution in [0.15, 0.2) is 66.4 Å². The minimum Gasteiger partial charge on any atom is -0.497 e. The standard InChI is InChI=1S/C23H16Cl2N4O7/c1-36-16-7-8-17(19(25)12-16)22(30)27-20(10-13-2-5-15(6-3-13)28(32)33)23(31)26-14-4-9-18(24)21(11-14)29(34)35/h2-12H,1H3,(H,26,31)(H,27,30)/b20-10+. The number of halogens is 2. The predicted molar refractivity (Wildman–Crippen MR) is 133 cm³/mol. The van der Waals surface area contributed by atoms with Gasteiger partial charge in [0.05, 0.1) is 27.5 Å². The van der Waals surface area contributed by atoms with Crippen LogP contribution in [0.1, 0.15) is 15.9 Å². The van der Waals surface area contributed by atoms with Crippen molar-refractivity contribution in [1.82, 2.24) is 5.32 Å². The van der Waals surface area contributed by atoms with Crippen LogP contribution >= 0.6 is 23.2 Å². The molecule has 0 unspecified atom stereocenters. The number of nitrogens with zero attached hydrogens (tertiary/aromatic N) is 2. The smallest absolute Gasteiger partial charge is 0.289 e. The number of carbonyl (C=O) groups is 2. The van der Waals surface area contributed by atoms with Crippen LogP contribution in [-0.4, -0.2) is 28.8 Å². The minimum absolute atomic E-state index is 0.0435. The van der Waals surface area contributed by atoms with Crippen LogP contribution in [0.5, 0.6) is 5.75 Å². The molecular weight excluding hydrogens is 515 g/mol. The van der Waals surface area contributed by atoms with E-state index in [-0.39, 0.29) is 32.7 Å². The van der Waals surface area contributed by atoms with Crippen LogP contribution < -0.4 is 15.4 Å². The van der Waals surface area contributed by atoms with Gasteiger partial charge in [-0.1, -0.05) is 23.2 Å². The van der Waals surface area contributed by atoms with Gasteiger partial charge in [-0.25, -0.2) is 0 Å². The Morgan fingerprint density at radius 3 is 2.19 bits per heavy atom. The van der Waals surface area contributed by atoms with Crippen molar-refractivity contribution in [1.29, 1.82) is 0 Å². The highest BCUT2D eigenvalue weighted by Gasteiger charge is 2.19. The summed E-state index contributed by atoms with van der Waals surface area (Å²) in [6.07, 6.45) is 1.28. The number of anilines is 1. The molecule has 36 heavy (non-hydrogen) atoms. The molecule has 3 rings (SSSR count). The molecule has 0 aliphatic heterocycles. The average Bonchev–Trinajstić information content (AvgIpc) is 2.84. The van der Waals surface area contributed by atoms with Gasteiger partial charge >= 0.3 is 0 Å². The van der Waals surface area contributed by atoms with E-state index in [0.29, 0.717) is 11.3 Å². The monoisotopic (exact) mass is 530 g/mol. The Balaban J connectivity index is 1.95. The summed E-state index contributed by atoms with van der Waals surface area (Å²) in [5.41, 5.74) is -0.415. The van der Waals surface area contributed by atoms with Crippen LogP contribution in [0.3, 0.4) is 0 Å². The van der Waals surface area contributed by atoms with Gasteiger partial charge in [0.15, 0.2) is 0 Å². The number of nitrogens with one attached hydrogen (secondary N) is 2. The Hall–Kier alpha value is -4.48. The molecule has 3 aromatic carbocycles. The second-order valence-electron chi connectivity index (χ2n) is 7.08. The van der Waals surface area contributed by atoms with Crippen molar-refractivity contribution in [3.05, 3.63) is 108 Å². The number of amides is 2. The number of ether oxygens (including phenoxy) is 1. The summed E-state index contributed by atoms with van der Waals surface area (Å²) in [5.74, 6) is -1.14. The number of benzene rings is 3. The van der Waals surface area contributed by atoms with Crippen molar-refractivity contribution in [3.8, 4) is 5.75 Å². The van der Waals surface area contributed by atoms with Crippen LogP contribution in [0.25, 0.3) is 6.08 Å². The maximum atomic E-state index is 13.1. The van der Waals surface area contributed by atoms with E-state index in [1.54, 1.807) is 0 Å². The second kappa shape index (κ2) is 11.3. The molecule has 2 amide bonds. The van der Waals surface area contributed by atoms with Gasteiger partial charge in [-0.05, 0) is 54.1 Å². The first-order chi connectivity index (χ1) is 17.1. The number of nitro groups is 2. The molecule has 0 saturated carbocycles. The lowest BCUT2D eigenvalue weighted by atomic mass is 10.1. The van der Waals surface area contributed by atoms with Crippen LogP contribution in [0, 0.1) is 20.2 Å². The zero-order chi connectivity index (χ0) is 26.4. The summed E-state index contributed by atoms with van der Waals surface area (Å²) in [6.45, 7) is 0. The van der Waals surface area contributed by atoms with Crippen LogP contribution in [0.4, 0.5) is 17.1 Å². The molecule has 0 saturated heterocycles. The number of rotatable bonds is 8. The molecule has 0 aliphatic rings. The third-order valence-electron chi connectivity index (χ3n) is 4.73. The third kappa shape index (κ3) is 6.34. The zero-order valence-electron chi connectivity index (χ0n) is 18.4. The van der Waals surface area contributed by atoms with E-state index >= 15 is 0 Å². The van der Waals surface area contributed by atoms with Crippen LogP contribution in [0.2, 0.25) is 10.0 Å². The maximum Gasteiger partial charge on any atom is 0.289 e. The van der Waals surface area contributed by atoms with Crippen molar-refractivity contribution < 1.29 is 24.2 Å². The van der Waals surface area contributed by atoms with Crippen molar-refractivity contribution in [2.24, 2.45) is 0 Å². The largest absolute Gasteiger partial charge is 0.497 e. The van der Waals surface area contributed by atoms with Gasteiger partial charge in [0.2, 0.25) is 0 Å². The molecule has 0 aromatic heterocycles. The van der Waals surface area contributed by atoms with E-state index in [4.69, 9.17) is 27.9 Å². The summed E-state index contributed by atoms with van der Waals surface area (Å²) in [7, 11) is 1.43. The highest BCUT2D eigenvalue weighted by Crippen LogP contribution is 2.28. The van der Waals surface area contributed by atoms with Gasteiger partial charge in [-0.2, -0.15) is 0 Å². The lowest BCUT2D eigenvalue weighted by molar-refractivity contribution is -0.385. The lowest BCUT2D eigenvalue weighted by Gasteiger charge is -2.12. The van der Waals surface area contributed by atoms with E-state index in [1.165, 1.54) is 67.8 Å². The highest BCUT2D eigenvalue weighted by atomic mass is 35.5. The SMILES string of the molecule is COc1ccc(C(=O)N/C(=C/c2ccc([N+](=O)[O-])cc2)C(=O)Nc2ccc(Cl)c([N+](=O)[O-])c2)c(Cl)c1. The molecule has 184 valence electrons. The van der Waals surface area contributed by atoms with Gasteiger partial charge in [-0.15, -0.1) is 0 Å². The number of non-ortho nitro benzene ring substituents is 1. The molecule has 0 bridgehead atoms. The fourth-order valence-electron chi connectivity index (χ4n) is 2.94. The van der Waals surface area contributed by atoms with E-state index in [0.717, 1.165) is 6.07 Å². The molecule has 0 fully saturated rings. The van der Waals surface area contributed by atoms with Gasteiger partial charge in [-0.3, -0.25) is 29.8 Å². The summed E-state index contributed by atoms with van der Waals surface area (Å²) in [6, 6.07) is 13.2. The number of carbonyl (C=O) groups excluding carboxylic acids is 2. The quantitative estimate of drug-likeness (QED) is 0.229. The normalized spacial score (nSPS) is 10.9. The lowest BCUT2D eigenvalue weighted by Crippen LogP contribution is -2.31. The first-order valence-corrected chi connectivity index (χ1v) is 10.7. The molecule has 0 spiro atoms. The number of methoxy groups -OCH3 is 1. The van der Waals surface area contributed by atoms with Crippen LogP contribution in [-0.2, 0) is 4.79 Å². The first-order valence-electron chi connectivity index (χ1n) is 9.95. The Labute approximate surface area is 213 Å². The Morgan fingerprint density at radius 1 is 0.917 bits per heavy atom. The summed E-state index contributed by atoms with van der Waals surface area (Å²) < 4.78 is 5.06. The fraction of sp³-hybridized carbons (Fsp3) is 0.0435. The summed E-state index contributed by atoms with van der Waals surface area (Å²) >= 11 is 12.0. The van der Waals surface area contributed by atoms with E-state index < -0.39 is 27.3 Å².